The van der Waals surface area contributed by atoms with Crippen molar-refractivity contribution in [1.29, 1.82) is 0 Å². The minimum Gasteiger partial charge on any atom is -0.380 e. The molecule has 0 aliphatic heterocycles. The molecule has 104 valence electrons. The fraction of sp³-hybridized carbons (Fsp3) is 0.294. The number of aliphatic hydroxyl groups is 1. The van der Waals surface area contributed by atoms with Crippen molar-refractivity contribution in [1.82, 2.24) is 0 Å². The summed E-state index contributed by atoms with van der Waals surface area (Å²) in [7, 11) is 0. The summed E-state index contributed by atoms with van der Waals surface area (Å²) in [5.74, 6) is -0.0776. The van der Waals surface area contributed by atoms with Crippen molar-refractivity contribution in [2.45, 2.75) is 31.3 Å². The molecule has 0 radical (unpaired) electrons. The Balaban J connectivity index is 2.20. The third-order valence-corrected chi connectivity index (χ3v) is 4.49. The lowest BCUT2D eigenvalue weighted by atomic mass is 9.71. The second kappa shape index (κ2) is 4.87. The normalized spacial score (nSPS) is 25.3. The van der Waals surface area contributed by atoms with Crippen molar-refractivity contribution in [2.75, 3.05) is 0 Å². The first kappa shape index (κ1) is 13.6. The maximum absolute atomic E-state index is 14.2. The SMILES string of the molecule is CC1CCC(O)(c2ccc(Cl)cc2F)c2ccccc21. The van der Waals surface area contributed by atoms with Gasteiger partial charge in [-0.25, -0.2) is 4.39 Å². The molecule has 0 amide bonds. The predicted molar refractivity (Wildman–Crippen MR) is 78.5 cm³/mol. The molecule has 2 atom stereocenters. The average Bonchev–Trinajstić information content (AvgIpc) is 2.43. The average molecular weight is 291 g/mol. The Bertz CT molecular complexity index is 655. The Kier molecular flexibility index (Phi) is 3.31. The van der Waals surface area contributed by atoms with Crippen LogP contribution in [0.15, 0.2) is 42.5 Å². The summed E-state index contributed by atoms with van der Waals surface area (Å²) in [6, 6.07) is 12.2. The van der Waals surface area contributed by atoms with E-state index in [0.717, 1.165) is 17.5 Å². The number of hydrogen-bond donors (Lipinski definition) is 1. The summed E-state index contributed by atoms with van der Waals surface area (Å²) in [5, 5.41) is 11.4. The molecule has 2 unspecified atom stereocenters. The van der Waals surface area contributed by atoms with Gasteiger partial charge in [0.05, 0.1) is 0 Å². The lowest BCUT2D eigenvalue weighted by molar-refractivity contribution is 0.0543. The van der Waals surface area contributed by atoms with Gasteiger partial charge in [0.2, 0.25) is 0 Å². The van der Waals surface area contributed by atoms with E-state index in [9.17, 15) is 9.50 Å². The smallest absolute Gasteiger partial charge is 0.131 e. The number of hydrogen-bond acceptors (Lipinski definition) is 1. The van der Waals surface area contributed by atoms with E-state index in [4.69, 9.17) is 11.6 Å². The molecule has 1 aliphatic rings. The molecule has 0 fully saturated rings. The largest absolute Gasteiger partial charge is 0.380 e. The highest BCUT2D eigenvalue weighted by Gasteiger charge is 2.39. The molecule has 0 saturated carbocycles. The van der Waals surface area contributed by atoms with Crippen molar-refractivity contribution >= 4 is 11.6 Å². The first-order valence-electron chi connectivity index (χ1n) is 6.79. The number of fused-ring (bicyclic) bond motifs is 1. The Morgan fingerprint density at radius 3 is 2.70 bits per heavy atom. The highest BCUT2D eigenvalue weighted by atomic mass is 35.5. The topological polar surface area (TPSA) is 20.2 Å². The molecule has 1 aliphatic carbocycles. The van der Waals surface area contributed by atoms with E-state index in [0.29, 0.717) is 22.9 Å². The van der Waals surface area contributed by atoms with Crippen LogP contribution in [0.1, 0.15) is 42.4 Å². The molecular formula is C17H16ClFO. The molecule has 0 saturated heterocycles. The van der Waals surface area contributed by atoms with Gasteiger partial charge in [0.15, 0.2) is 0 Å². The molecular weight excluding hydrogens is 275 g/mol. The molecule has 0 bridgehead atoms. The fourth-order valence-corrected chi connectivity index (χ4v) is 3.28. The third-order valence-electron chi connectivity index (χ3n) is 4.25. The fourth-order valence-electron chi connectivity index (χ4n) is 3.12. The Morgan fingerprint density at radius 1 is 1.20 bits per heavy atom. The van der Waals surface area contributed by atoms with Crippen molar-refractivity contribution in [3.8, 4) is 0 Å². The van der Waals surface area contributed by atoms with Crippen LogP contribution in [0.4, 0.5) is 4.39 Å². The van der Waals surface area contributed by atoms with E-state index < -0.39 is 11.4 Å². The highest BCUT2D eigenvalue weighted by Crippen LogP contribution is 2.45. The summed E-state index contributed by atoms with van der Waals surface area (Å²) >= 11 is 5.80. The van der Waals surface area contributed by atoms with E-state index in [1.165, 1.54) is 6.07 Å². The van der Waals surface area contributed by atoms with Gasteiger partial charge in [0.1, 0.15) is 11.4 Å². The zero-order valence-electron chi connectivity index (χ0n) is 11.2. The molecule has 0 heterocycles. The minimum atomic E-state index is -1.27. The molecule has 0 aromatic heterocycles. The molecule has 1 N–H and O–H groups in total. The van der Waals surface area contributed by atoms with Crippen LogP contribution in [0, 0.1) is 5.82 Å². The second-order valence-electron chi connectivity index (χ2n) is 5.51. The van der Waals surface area contributed by atoms with Gasteiger partial charge < -0.3 is 5.11 Å². The van der Waals surface area contributed by atoms with Gasteiger partial charge in [-0.3, -0.25) is 0 Å². The van der Waals surface area contributed by atoms with Gasteiger partial charge in [0, 0.05) is 10.6 Å². The van der Waals surface area contributed by atoms with Gasteiger partial charge in [-0.2, -0.15) is 0 Å². The quantitative estimate of drug-likeness (QED) is 0.813. The molecule has 2 aromatic carbocycles. The van der Waals surface area contributed by atoms with Gasteiger partial charge in [-0.1, -0.05) is 48.9 Å². The maximum atomic E-state index is 14.2. The van der Waals surface area contributed by atoms with Crippen LogP contribution in [-0.4, -0.2) is 5.11 Å². The summed E-state index contributed by atoms with van der Waals surface area (Å²) < 4.78 is 14.2. The van der Waals surface area contributed by atoms with E-state index in [-0.39, 0.29) is 0 Å². The maximum Gasteiger partial charge on any atom is 0.131 e. The molecule has 0 spiro atoms. The van der Waals surface area contributed by atoms with Crippen LogP contribution in [-0.2, 0) is 5.60 Å². The first-order valence-corrected chi connectivity index (χ1v) is 7.17. The van der Waals surface area contributed by atoms with Crippen LogP contribution in [0.25, 0.3) is 0 Å². The van der Waals surface area contributed by atoms with E-state index in [1.54, 1.807) is 12.1 Å². The van der Waals surface area contributed by atoms with Crippen molar-refractivity contribution in [3.05, 3.63) is 70.0 Å². The predicted octanol–water partition coefficient (Wildman–Crippen LogP) is 4.61. The minimum absolute atomic E-state index is 0.307. The summed E-state index contributed by atoms with van der Waals surface area (Å²) in [6.45, 7) is 2.14. The lowest BCUT2D eigenvalue weighted by Gasteiger charge is -2.37. The van der Waals surface area contributed by atoms with Gasteiger partial charge in [-0.05, 0) is 42.0 Å². The Morgan fingerprint density at radius 2 is 1.95 bits per heavy atom. The van der Waals surface area contributed by atoms with Crippen LogP contribution in [0.3, 0.4) is 0 Å². The lowest BCUT2D eigenvalue weighted by Crippen LogP contribution is -2.33. The van der Waals surface area contributed by atoms with Gasteiger partial charge in [0.25, 0.3) is 0 Å². The van der Waals surface area contributed by atoms with Crippen molar-refractivity contribution in [2.24, 2.45) is 0 Å². The zero-order chi connectivity index (χ0) is 14.3. The zero-order valence-corrected chi connectivity index (χ0v) is 12.0. The number of benzene rings is 2. The van der Waals surface area contributed by atoms with E-state index in [2.05, 4.69) is 6.92 Å². The molecule has 2 aromatic rings. The molecule has 20 heavy (non-hydrogen) atoms. The summed E-state index contributed by atoms with van der Waals surface area (Å²) in [6.07, 6.45) is 1.35. The van der Waals surface area contributed by atoms with Crippen LogP contribution < -0.4 is 0 Å². The molecule has 1 nitrogen and oxygen atoms in total. The van der Waals surface area contributed by atoms with Gasteiger partial charge in [-0.15, -0.1) is 0 Å². The van der Waals surface area contributed by atoms with Crippen molar-refractivity contribution < 1.29 is 9.50 Å². The van der Waals surface area contributed by atoms with E-state index in [1.807, 2.05) is 24.3 Å². The van der Waals surface area contributed by atoms with E-state index >= 15 is 0 Å². The van der Waals surface area contributed by atoms with Crippen LogP contribution >= 0.6 is 11.6 Å². The standard InChI is InChI=1S/C17H16ClFO/c1-11-8-9-17(20,14-5-3-2-4-13(11)14)15-7-6-12(18)10-16(15)19/h2-7,10-11,20H,8-9H2,1H3. The van der Waals surface area contributed by atoms with Crippen molar-refractivity contribution in [3.63, 3.8) is 0 Å². The Labute approximate surface area is 123 Å². The summed E-state index contributed by atoms with van der Waals surface area (Å²) in [4.78, 5) is 0. The van der Waals surface area contributed by atoms with Gasteiger partial charge >= 0.3 is 0 Å². The second-order valence-corrected chi connectivity index (χ2v) is 5.95. The Hall–Kier alpha value is -1.38. The molecule has 3 rings (SSSR count). The number of rotatable bonds is 1. The summed E-state index contributed by atoms with van der Waals surface area (Å²) in [5.41, 5.74) is 0.939. The first-order chi connectivity index (χ1) is 9.52. The van der Waals surface area contributed by atoms with Crippen LogP contribution in [0.2, 0.25) is 5.02 Å². The molecule has 3 heteroatoms. The van der Waals surface area contributed by atoms with Crippen LogP contribution in [0.5, 0.6) is 0 Å². The third kappa shape index (κ3) is 2.04. The highest BCUT2D eigenvalue weighted by molar-refractivity contribution is 6.30. The number of halogens is 2. The monoisotopic (exact) mass is 290 g/mol.